The number of rotatable bonds is 5. The van der Waals surface area contributed by atoms with Gasteiger partial charge in [-0.1, -0.05) is 42.0 Å². The highest BCUT2D eigenvalue weighted by Gasteiger charge is 2.29. The molecule has 1 aromatic heterocycles. The summed E-state index contributed by atoms with van der Waals surface area (Å²) in [5.41, 5.74) is 7.89. The molecule has 5 nitrogen and oxygen atoms in total. The van der Waals surface area contributed by atoms with Gasteiger partial charge in [0.2, 0.25) is 0 Å². The van der Waals surface area contributed by atoms with Gasteiger partial charge in [-0.15, -0.1) is 0 Å². The van der Waals surface area contributed by atoms with Gasteiger partial charge < -0.3 is 19.6 Å². The van der Waals surface area contributed by atoms with Crippen molar-refractivity contribution in [3.8, 4) is 34.0 Å². The number of hydrogen-bond acceptors (Lipinski definition) is 3. The molecule has 0 spiro atoms. The van der Waals surface area contributed by atoms with Crippen LogP contribution in [-0.2, 0) is 0 Å². The fourth-order valence-corrected chi connectivity index (χ4v) is 4.46. The number of aromatic amines is 1. The zero-order valence-electron chi connectivity index (χ0n) is 20.2. The van der Waals surface area contributed by atoms with Crippen LogP contribution in [-0.4, -0.2) is 28.8 Å². The number of carboxylic acid groups (broad SMARTS) is 1. The lowest BCUT2D eigenvalue weighted by Crippen LogP contribution is -2.29. The Balaban J connectivity index is 1.59. The molecule has 1 aliphatic rings. The van der Waals surface area contributed by atoms with Crippen LogP contribution in [0.25, 0.3) is 28.1 Å². The van der Waals surface area contributed by atoms with Gasteiger partial charge in [-0.05, 0) is 73.9 Å². The van der Waals surface area contributed by atoms with Crippen molar-refractivity contribution in [2.45, 2.75) is 26.4 Å². The summed E-state index contributed by atoms with van der Waals surface area (Å²) in [5, 5.41) is 9.17. The van der Waals surface area contributed by atoms with Gasteiger partial charge in [0.15, 0.2) is 0 Å². The molecular weight excluding hydrogens is 438 g/mol. The number of methoxy groups -OCH3 is 1. The number of H-pyrrole nitrogens is 1. The second-order valence-corrected chi connectivity index (χ2v) is 9.35. The van der Waals surface area contributed by atoms with Gasteiger partial charge in [-0.25, -0.2) is 4.79 Å². The predicted molar refractivity (Wildman–Crippen MR) is 138 cm³/mol. The number of aromatic carboxylic acids is 1. The lowest BCUT2D eigenvalue weighted by molar-refractivity contribution is 0.0697. The van der Waals surface area contributed by atoms with E-state index >= 15 is 0 Å². The molecule has 5 rings (SSSR count). The Kier molecular flexibility index (Phi) is 5.48. The van der Waals surface area contributed by atoms with Gasteiger partial charge in [-0.2, -0.15) is 0 Å². The number of fused-ring (bicyclic) bond motifs is 1. The maximum atomic E-state index is 11.2. The highest BCUT2D eigenvalue weighted by molar-refractivity contribution is 5.89. The monoisotopic (exact) mass is 465 g/mol. The van der Waals surface area contributed by atoms with E-state index in [1.807, 2.05) is 18.2 Å². The third kappa shape index (κ3) is 4.33. The summed E-state index contributed by atoms with van der Waals surface area (Å²) in [6.07, 6.45) is 2.17. The standard InChI is InChI=1S/C30H27NO4/c1-18-5-7-19(8-6-18)24-17-30(2,3)35-28-16-27(34-4)23(15-22(24)28)26-14-13-25(31-26)20-9-11-21(12-10-20)29(32)33/h5-17,31H,1-4H3,(H,32,33). The number of benzene rings is 3. The van der Waals surface area contributed by atoms with Crippen LogP contribution in [0.1, 0.15) is 40.9 Å². The summed E-state index contributed by atoms with van der Waals surface area (Å²) in [5.74, 6) is 0.550. The Bertz CT molecular complexity index is 1440. The summed E-state index contributed by atoms with van der Waals surface area (Å²) in [6, 6.07) is 23.4. The molecule has 0 unspecified atom stereocenters. The number of aromatic nitrogens is 1. The van der Waals surface area contributed by atoms with E-state index in [2.05, 4.69) is 62.2 Å². The fraction of sp³-hybridized carbons (Fsp3) is 0.167. The van der Waals surface area contributed by atoms with Gasteiger partial charge in [0.1, 0.15) is 17.1 Å². The Labute approximate surface area is 204 Å². The third-order valence-corrected chi connectivity index (χ3v) is 6.24. The maximum absolute atomic E-state index is 11.2. The van der Waals surface area contributed by atoms with E-state index in [-0.39, 0.29) is 5.56 Å². The Morgan fingerprint density at radius 3 is 2.20 bits per heavy atom. The van der Waals surface area contributed by atoms with E-state index in [1.165, 1.54) is 5.56 Å². The van der Waals surface area contributed by atoms with Crippen molar-refractivity contribution in [2.75, 3.05) is 7.11 Å². The topological polar surface area (TPSA) is 71.5 Å². The Morgan fingerprint density at radius 2 is 1.54 bits per heavy atom. The van der Waals surface area contributed by atoms with Gasteiger partial charge >= 0.3 is 5.97 Å². The third-order valence-electron chi connectivity index (χ3n) is 6.24. The molecule has 4 aromatic rings. The van der Waals surface area contributed by atoms with Crippen molar-refractivity contribution in [3.63, 3.8) is 0 Å². The zero-order valence-corrected chi connectivity index (χ0v) is 20.2. The molecule has 0 fully saturated rings. The molecule has 1 aliphatic heterocycles. The van der Waals surface area contributed by atoms with E-state index in [0.29, 0.717) is 5.75 Å². The number of hydrogen-bond donors (Lipinski definition) is 2. The van der Waals surface area contributed by atoms with Crippen LogP contribution in [0.5, 0.6) is 11.5 Å². The molecule has 35 heavy (non-hydrogen) atoms. The van der Waals surface area contributed by atoms with Gasteiger partial charge in [0.05, 0.1) is 12.7 Å². The van der Waals surface area contributed by atoms with Crippen LogP contribution in [0.2, 0.25) is 0 Å². The smallest absolute Gasteiger partial charge is 0.335 e. The highest BCUT2D eigenvalue weighted by Crippen LogP contribution is 2.45. The van der Waals surface area contributed by atoms with Crippen LogP contribution in [0.4, 0.5) is 0 Å². The van der Waals surface area contributed by atoms with Crippen LogP contribution in [0.15, 0.2) is 78.9 Å². The predicted octanol–water partition coefficient (Wildman–Crippen LogP) is 6.97. The van der Waals surface area contributed by atoms with Crippen LogP contribution >= 0.6 is 0 Å². The molecule has 0 aliphatic carbocycles. The summed E-state index contributed by atoms with van der Waals surface area (Å²) in [6.45, 7) is 6.19. The van der Waals surface area contributed by atoms with E-state index < -0.39 is 11.6 Å². The molecular formula is C30H27NO4. The molecule has 0 saturated carbocycles. The summed E-state index contributed by atoms with van der Waals surface area (Å²) >= 11 is 0. The molecule has 2 heterocycles. The van der Waals surface area contributed by atoms with Gasteiger partial charge in [-0.3, -0.25) is 0 Å². The van der Waals surface area contributed by atoms with Crippen molar-refractivity contribution in [1.82, 2.24) is 4.98 Å². The minimum atomic E-state index is -0.939. The van der Waals surface area contributed by atoms with Crippen molar-refractivity contribution in [1.29, 1.82) is 0 Å². The number of nitrogens with one attached hydrogen (secondary N) is 1. The zero-order chi connectivity index (χ0) is 24.7. The number of carboxylic acids is 1. The fourth-order valence-electron chi connectivity index (χ4n) is 4.46. The number of ether oxygens (including phenoxy) is 2. The second-order valence-electron chi connectivity index (χ2n) is 9.35. The first-order valence-corrected chi connectivity index (χ1v) is 11.5. The van der Waals surface area contributed by atoms with Crippen molar-refractivity contribution in [2.24, 2.45) is 0 Å². The van der Waals surface area contributed by atoms with Gasteiger partial charge in [0.25, 0.3) is 0 Å². The summed E-state index contributed by atoms with van der Waals surface area (Å²) in [7, 11) is 1.66. The molecule has 2 N–H and O–H groups in total. The molecule has 0 saturated heterocycles. The summed E-state index contributed by atoms with van der Waals surface area (Å²) < 4.78 is 12.1. The van der Waals surface area contributed by atoms with Crippen molar-refractivity contribution < 1.29 is 19.4 Å². The molecule has 176 valence electrons. The minimum absolute atomic E-state index is 0.259. The first-order chi connectivity index (χ1) is 16.7. The highest BCUT2D eigenvalue weighted by atomic mass is 16.5. The van der Waals surface area contributed by atoms with E-state index in [9.17, 15) is 4.79 Å². The first-order valence-electron chi connectivity index (χ1n) is 11.5. The Hall–Kier alpha value is -4.25. The normalized spacial score (nSPS) is 14.0. The molecule has 0 amide bonds. The van der Waals surface area contributed by atoms with Crippen molar-refractivity contribution >= 4 is 11.5 Å². The molecule has 0 radical (unpaired) electrons. The lowest BCUT2D eigenvalue weighted by Gasteiger charge is -2.32. The van der Waals surface area contributed by atoms with Crippen LogP contribution < -0.4 is 9.47 Å². The lowest BCUT2D eigenvalue weighted by atomic mass is 9.88. The molecule has 0 bridgehead atoms. The van der Waals surface area contributed by atoms with E-state index in [0.717, 1.165) is 45.0 Å². The summed E-state index contributed by atoms with van der Waals surface area (Å²) in [4.78, 5) is 14.6. The SMILES string of the molecule is COc1cc2c(cc1-c1ccc(-c3ccc(C(=O)O)cc3)[nH]1)C(c1ccc(C)cc1)=CC(C)(C)O2. The average molecular weight is 466 g/mol. The van der Waals surface area contributed by atoms with Crippen LogP contribution in [0, 0.1) is 6.92 Å². The first kappa shape index (κ1) is 22.5. The maximum Gasteiger partial charge on any atom is 0.335 e. The number of aryl methyl sites for hydroxylation is 1. The van der Waals surface area contributed by atoms with E-state index in [1.54, 1.807) is 31.4 Å². The largest absolute Gasteiger partial charge is 0.496 e. The quantitative estimate of drug-likeness (QED) is 0.334. The molecule has 5 heteroatoms. The van der Waals surface area contributed by atoms with E-state index in [4.69, 9.17) is 14.6 Å². The second kappa shape index (κ2) is 8.51. The van der Waals surface area contributed by atoms with Gasteiger partial charge in [0, 0.05) is 28.6 Å². The Morgan fingerprint density at radius 1 is 0.886 bits per heavy atom. The van der Waals surface area contributed by atoms with Crippen LogP contribution in [0.3, 0.4) is 0 Å². The molecule has 0 atom stereocenters. The molecule has 3 aromatic carbocycles. The average Bonchev–Trinajstić information content (AvgIpc) is 3.33. The minimum Gasteiger partial charge on any atom is -0.496 e. The van der Waals surface area contributed by atoms with Crippen molar-refractivity contribution in [3.05, 3.63) is 101 Å². The number of carbonyl (C=O) groups is 1.